The lowest BCUT2D eigenvalue weighted by atomic mass is 10.2. The van der Waals surface area contributed by atoms with Gasteiger partial charge in [0.2, 0.25) is 0 Å². The van der Waals surface area contributed by atoms with E-state index in [0.717, 1.165) is 19.0 Å². The van der Waals surface area contributed by atoms with Gasteiger partial charge in [-0.05, 0) is 35.9 Å². The standard InChI is InChI=1S/C15H25NS2/c1-4-17-9-10-18-15-7-5-14(6-8-15)12-16-11-13(2)3/h5-8,13,16H,4,9-12H2,1-3H3. The van der Waals surface area contributed by atoms with Crippen molar-refractivity contribution in [3.8, 4) is 0 Å². The van der Waals surface area contributed by atoms with Gasteiger partial charge in [-0.1, -0.05) is 32.9 Å². The van der Waals surface area contributed by atoms with Crippen molar-refractivity contribution in [1.82, 2.24) is 5.32 Å². The molecule has 0 saturated carbocycles. The van der Waals surface area contributed by atoms with E-state index in [2.05, 4.69) is 50.4 Å². The Balaban J connectivity index is 2.24. The van der Waals surface area contributed by atoms with Crippen LogP contribution in [0, 0.1) is 5.92 Å². The molecule has 0 aliphatic heterocycles. The highest BCUT2D eigenvalue weighted by molar-refractivity contribution is 8.02. The third-order valence-corrected chi connectivity index (χ3v) is 4.68. The van der Waals surface area contributed by atoms with E-state index in [1.807, 2.05) is 23.5 Å². The summed E-state index contributed by atoms with van der Waals surface area (Å²) in [7, 11) is 0. The highest BCUT2D eigenvalue weighted by atomic mass is 32.2. The van der Waals surface area contributed by atoms with Gasteiger partial charge in [0.15, 0.2) is 0 Å². The van der Waals surface area contributed by atoms with Gasteiger partial charge < -0.3 is 5.32 Å². The van der Waals surface area contributed by atoms with Crippen molar-refractivity contribution in [3.05, 3.63) is 29.8 Å². The van der Waals surface area contributed by atoms with Crippen molar-refractivity contribution >= 4 is 23.5 Å². The van der Waals surface area contributed by atoms with Crippen LogP contribution in [0.5, 0.6) is 0 Å². The highest BCUT2D eigenvalue weighted by Crippen LogP contribution is 2.19. The van der Waals surface area contributed by atoms with Crippen molar-refractivity contribution < 1.29 is 0 Å². The van der Waals surface area contributed by atoms with E-state index < -0.39 is 0 Å². The molecular weight excluding hydrogens is 258 g/mol. The Morgan fingerprint density at radius 1 is 1.11 bits per heavy atom. The van der Waals surface area contributed by atoms with Crippen molar-refractivity contribution in [2.45, 2.75) is 32.2 Å². The minimum Gasteiger partial charge on any atom is -0.312 e. The number of hydrogen-bond acceptors (Lipinski definition) is 3. The molecular formula is C15H25NS2. The third-order valence-electron chi connectivity index (χ3n) is 2.51. The average Bonchev–Trinajstić information content (AvgIpc) is 2.36. The molecule has 0 radical (unpaired) electrons. The smallest absolute Gasteiger partial charge is 0.0205 e. The summed E-state index contributed by atoms with van der Waals surface area (Å²) in [5.41, 5.74) is 1.38. The summed E-state index contributed by atoms with van der Waals surface area (Å²) in [6.45, 7) is 8.76. The van der Waals surface area contributed by atoms with Crippen molar-refractivity contribution in [2.24, 2.45) is 5.92 Å². The van der Waals surface area contributed by atoms with E-state index >= 15 is 0 Å². The first-order valence-corrected chi connectivity index (χ1v) is 8.86. The fraction of sp³-hybridized carbons (Fsp3) is 0.600. The Hall–Kier alpha value is -0.120. The summed E-state index contributed by atoms with van der Waals surface area (Å²) >= 11 is 3.97. The minimum absolute atomic E-state index is 0.718. The molecule has 1 rings (SSSR count). The van der Waals surface area contributed by atoms with Gasteiger partial charge in [0.25, 0.3) is 0 Å². The summed E-state index contributed by atoms with van der Waals surface area (Å²) in [5.74, 6) is 4.40. The molecule has 0 aromatic heterocycles. The lowest BCUT2D eigenvalue weighted by Crippen LogP contribution is -2.18. The zero-order valence-electron chi connectivity index (χ0n) is 11.7. The van der Waals surface area contributed by atoms with Gasteiger partial charge in [-0.25, -0.2) is 0 Å². The van der Waals surface area contributed by atoms with Gasteiger partial charge in [0.05, 0.1) is 0 Å². The molecule has 0 saturated heterocycles. The van der Waals surface area contributed by atoms with Gasteiger partial charge in [-0.15, -0.1) is 11.8 Å². The van der Waals surface area contributed by atoms with Crippen LogP contribution in [0.2, 0.25) is 0 Å². The highest BCUT2D eigenvalue weighted by Gasteiger charge is 1.97. The van der Waals surface area contributed by atoms with Crippen molar-refractivity contribution in [2.75, 3.05) is 23.8 Å². The third kappa shape index (κ3) is 7.34. The summed E-state index contributed by atoms with van der Waals surface area (Å²) in [4.78, 5) is 1.39. The van der Waals surface area contributed by atoms with Crippen LogP contribution in [0.25, 0.3) is 0 Å². The number of nitrogens with one attached hydrogen (secondary N) is 1. The Kier molecular flexibility index (Phi) is 8.64. The Bertz CT molecular complexity index is 309. The molecule has 0 heterocycles. The monoisotopic (exact) mass is 283 g/mol. The van der Waals surface area contributed by atoms with Gasteiger partial charge in [-0.2, -0.15) is 11.8 Å². The molecule has 0 fully saturated rings. The van der Waals surface area contributed by atoms with Crippen molar-refractivity contribution in [1.29, 1.82) is 0 Å². The Morgan fingerprint density at radius 2 is 1.83 bits per heavy atom. The lowest BCUT2D eigenvalue weighted by Gasteiger charge is -2.08. The van der Waals surface area contributed by atoms with Crippen LogP contribution >= 0.6 is 23.5 Å². The summed E-state index contributed by atoms with van der Waals surface area (Å²) in [5, 5.41) is 3.47. The Labute approximate surface area is 121 Å². The molecule has 0 aliphatic carbocycles. The fourth-order valence-electron chi connectivity index (χ4n) is 1.57. The second-order valence-electron chi connectivity index (χ2n) is 4.71. The first kappa shape index (κ1) is 15.9. The minimum atomic E-state index is 0.718. The second kappa shape index (κ2) is 9.76. The van der Waals surface area contributed by atoms with Crippen LogP contribution in [0.3, 0.4) is 0 Å². The van der Waals surface area contributed by atoms with E-state index in [9.17, 15) is 0 Å². The first-order chi connectivity index (χ1) is 8.72. The van der Waals surface area contributed by atoms with Crippen molar-refractivity contribution in [3.63, 3.8) is 0 Å². The molecule has 0 unspecified atom stereocenters. The van der Waals surface area contributed by atoms with Crippen LogP contribution < -0.4 is 5.32 Å². The van der Waals surface area contributed by atoms with Crippen LogP contribution in [0.4, 0.5) is 0 Å². The van der Waals surface area contributed by atoms with E-state index in [-0.39, 0.29) is 0 Å². The van der Waals surface area contributed by atoms with Crippen LogP contribution in [0.1, 0.15) is 26.3 Å². The topological polar surface area (TPSA) is 12.0 Å². The molecule has 0 atom stereocenters. The number of thioether (sulfide) groups is 2. The number of benzene rings is 1. The second-order valence-corrected chi connectivity index (χ2v) is 7.28. The molecule has 0 aliphatic rings. The van der Waals surface area contributed by atoms with E-state index in [1.54, 1.807) is 0 Å². The number of rotatable bonds is 9. The predicted octanol–water partition coefficient (Wildman–Crippen LogP) is 4.28. The van der Waals surface area contributed by atoms with Crippen LogP contribution in [-0.2, 0) is 6.54 Å². The van der Waals surface area contributed by atoms with Crippen LogP contribution in [0.15, 0.2) is 29.2 Å². The predicted molar refractivity (Wildman–Crippen MR) is 86.7 cm³/mol. The zero-order valence-corrected chi connectivity index (χ0v) is 13.4. The van der Waals surface area contributed by atoms with Crippen LogP contribution in [-0.4, -0.2) is 23.8 Å². The molecule has 102 valence electrons. The zero-order chi connectivity index (χ0) is 13.2. The van der Waals surface area contributed by atoms with Gasteiger partial charge >= 0.3 is 0 Å². The van der Waals surface area contributed by atoms with Gasteiger partial charge in [0, 0.05) is 22.9 Å². The maximum Gasteiger partial charge on any atom is 0.0205 e. The lowest BCUT2D eigenvalue weighted by molar-refractivity contribution is 0.552. The summed E-state index contributed by atoms with van der Waals surface area (Å²) < 4.78 is 0. The van der Waals surface area contributed by atoms with E-state index in [0.29, 0.717) is 0 Å². The maximum absolute atomic E-state index is 3.47. The van der Waals surface area contributed by atoms with Gasteiger partial charge in [-0.3, -0.25) is 0 Å². The Morgan fingerprint density at radius 3 is 2.44 bits per heavy atom. The first-order valence-electron chi connectivity index (χ1n) is 6.72. The summed E-state index contributed by atoms with van der Waals surface area (Å²) in [6.07, 6.45) is 0. The SMILES string of the molecule is CCSCCSc1ccc(CNCC(C)C)cc1. The molecule has 1 N–H and O–H groups in total. The molecule has 1 aromatic carbocycles. The summed E-state index contributed by atoms with van der Waals surface area (Å²) in [6, 6.07) is 8.96. The molecule has 0 spiro atoms. The molecule has 0 amide bonds. The normalized spacial score (nSPS) is 11.1. The molecule has 0 bridgehead atoms. The molecule has 1 aromatic rings. The largest absolute Gasteiger partial charge is 0.312 e. The quantitative estimate of drug-likeness (QED) is 0.537. The maximum atomic E-state index is 3.47. The fourth-order valence-corrected chi connectivity index (χ4v) is 3.23. The molecule has 1 nitrogen and oxygen atoms in total. The number of hydrogen-bond donors (Lipinski definition) is 1. The van der Waals surface area contributed by atoms with E-state index in [1.165, 1.54) is 27.7 Å². The molecule has 3 heteroatoms. The van der Waals surface area contributed by atoms with E-state index in [4.69, 9.17) is 0 Å². The molecule has 18 heavy (non-hydrogen) atoms. The average molecular weight is 284 g/mol. The van der Waals surface area contributed by atoms with Gasteiger partial charge in [0.1, 0.15) is 0 Å².